The van der Waals surface area contributed by atoms with Gasteiger partial charge < -0.3 is 9.84 Å². The summed E-state index contributed by atoms with van der Waals surface area (Å²) in [6.45, 7) is 6.74. The summed E-state index contributed by atoms with van der Waals surface area (Å²) in [4.78, 5) is 13.0. The van der Waals surface area contributed by atoms with Gasteiger partial charge in [-0.1, -0.05) is 6.07 Å². The van der Waals surface area contributed by atoms with Gasteiger partial charge in [0.25, 0.3) is 0 Å². The van der Waals surface area contributed by atoms with Gasteiger partial charge in [0, 0.05) is 29.7 Å². The van der Waals surface area contributed by atoms with Crippen LogP contribution < -0.4 is 0 Å². The maximum Gasteiger partial charge on any atom is 0.419 e. The number of carbonyl (C=O) groups is 1. The minimum atomic E-state index is -3.69. The Hall–Kier alpha value is -2.75. The number of aliphatic hydroxyl groups is 1. The first kappa shape index (κ1) is 22.4. The lowest BCUT2D eigenvalue weighted by molar-refractivity contribution is 0.0544. The van der Waals surface area contributed by atoms with Gasteiger partial charge in [0.15, 0.2) is 0 Å². The molecule has 4 rings (SSSR count). The third kappa shape index (κ3) is 3.70. The first-order chi connectivity index (χ1) is 14.9. The number of sulfonamides is 1. The summed E-state index contributed by atoms with van der Waals surface area (Å²) in [6, 6.07) is 8.70. The molecule has 0 saturated heterocycles. The van der Waals surface area contributed by atoms with Crippen LogP contribution in [0, 0.1) is 5.82 Å². The molecule has 0 amide bonds. The van der Waals surface area contributed by atoms with E-state index in [1.54, 1.807) is 52.1 Å². The van der Waals surface area contributed by atoms with E-state index in [-0.39, 0.29) is 18.0 Å². The van der Waals surface area contributed by atoms with Crippen LogP contribution in [-0.2, 0) is 14.8 Å². The number of β-amino-alcohol motifs (C(OH)–C–C–N with tert-alkyl or cyclic N) is 1. The van der Waals surface area contributed by atoms with Crippen molar-refractivity contribution in [2.45, 2.75) is 44.2 Å². The lowest BCUT2D eigenvalue weighted by Crippen LogP contribution is -2.29. The van der Waals surface area contributed by atoms with Crippen molar-refractivity contribution in [3.63, 3.8) is 0 Å². The zero-order valence-electron chi connectivity index (χ0n) is 18.3. The monoisotopic (exact) mass is 460 g/mol. The van der Waals surface area contributed by atoms with Crippen LogP contribution in [0.1, 0.15) is 39.3 Å². The number of fused-ring (bicyclic) bond motifs is 2. The van der Waals surface area contributed by atoms with Crippen LogP contribution in [0.2, 0.25) is 0 Å². The minimum absolute atomic E-state index is 0.00470. The molecule has 1 aliphatic rings. The molecule has 7 nitrogen and oxygen atoms in total. The molecule has 2 heterocycles. The number of hydrogen-bond donors (Lipinski definition) is 1. The Kier molecular flexibility index (Phi) is 5.39. The van der Waals surface area contributed by atoms with Crippen molar-refractivity contribution >= 4 is 27.0 Å². The number of hydrogen-bond acceptors (Lipinski definition) is 5. The van der Waals surface area contributed by atoms with Crippen LogP contribution in [-0.4, -0.2) is 47.2 Å². The van der Waals surface area contributed by atoms with Crippen molar-refractivity contribution in [1.29, 1.82) is 0 Å². The van der Waals surface area contributed by atoms with Gasteiger partial charge in [0.1, 0.15) is 11.4 Å². The van der Waals surface area contributed by atoms with E-state index in [0.29, 0.717) is 27.6 Å². The van der Waals surface area contributed by atoms with Crippen LogP contribution in [0.15, 0.2) is 47.5 Å². The summed E-state index contributed by atoms with van der Waals surface area (Å²) in [5.41, 5.74) is 1.58. The molecule has 170 valence electrons. The van der Waals surface area contributed by atoms with E-state index >= 15 is 0 Å². The Morgan fingerprint density at radius 3 is 2.56 bits per heavy atom. The molecule has 3 aromatic rings. The molecule has 1 atom stereocenters. The molecule has 0 radical (unpaired) electrons. The van der Waals surface area contributed by atoms with E-state index in [0.717, 1.165) is 0 Å². The number of benzene rings is 2. The summed E-state index contributed by atoms with van der Waals surface area (Å²) in [7, 11) is -3.69. The van der Waals surface area contributed by atoms with Gasteiger partial charge in [-0.05, 0) is 69.2 Å². The highest BCUT2D eigenvalue weighted by molar-refractivity contribution is 7.89. The average molecular weight is 461 g/mol. The van der Waals surface area contributed by atoms with Gasteiger partial charge in [-0.2, -0.15) is 4.31 Å². The Balaban J connectivity index is 1.87. The third-order valence-corrected chi connectivity index (χ3v) is 7.51. The molecule has 1 aliphatic heterocycles. The second-order valence-corrected chi connectivity index (χ2v) is 10.7. The van der Waals surface area contributed by atoms with Crippen molar-refractivity contribution < 1.29 is 27.4 Å². The van der Waals surface area contributed by atoms with Gasteiger partial charge >= 0.3 is 6.09 Å². The topological polar surface area (TPSA) is 88.8 Å². The van der Waals surface area contributed by atoms with Crippen LogP contribution in [0.4, 0.5) is 9.18 Å². The number of carbonyl (C=O) groups excluding carboxylic acids is 1. The summed E-state index contributed by atoms with van der Waals surface area (Å²) >= 11 is 0. The summed E-state index contributed by atoms with van der Waals surface area (Å²) in [6.07, 6.45) is 0.949. The molecule has 0 fully saturated rings. The molecule has 0 bridgehead atoms. The Morgan fingerprint density at radius 2 is 1.91 bits per heavy atom. The number of aliphatic hydroxyl groups excluding tert-OH is 1. The van der Waals surface area contributed by atoms with E-state index in [4.69, 9.17) is 4.74 Å². The molecule has 1 aromatic heterocycles. The Bertz CT molecular complexity index is 1320. The zero-order valence-corrected chi connectivity index (χ0v) is 19.1. The number of nitrogens with zero attached hydrogens (tertiary/aromatic N) is 2. The average Bonchev–Trinajstić information content (AvgIpc) is 3.16. The molecule has 1 unspecified atom stereocenters. The highest BCUT2D eigenvalue weighted by atomic mass is 32.2. The van der Waals surface area contributed by atoms with Crippen LogP contribution in [0.25, 0.3) is 22.0 Å². The molecule has 0 spiro atoms. The highest BCUT2D eigenvalue weighted by Gasteiger charge is 2.40. The van der Waals surface area contributed by atoms with E-state index < -0.39 is 33.6 Å². The number of rotatable bonds is 3. The van der Waals surface area contributed by atoms with Crippen molar-refractivity contribution in [3.8, 4) is 11.1 Å². The van der Waals surface area contributed by atoms with Gasteiger partial charge in [0.2, 0.25) is 10.0 Å². The van der Waals surface area contributed by atoms with Crippen molar-refractivity contribution in [2.24, 2.45) is 0 Å². The largest absolute Gasteiger partial charge is 0.443 e. The number of aromatic nitrogens is 1. The highest BCUT2D eigenvalue weighted by Crippen LogP contribution is 2.42. The summed E-state index contributed by atoms with van der Waals surface area (Å²) in [5.74, 6) is -0.486. The molecular formula is C23H25FN2O5S. The van der Waals surface area contributed by atoms with Crippen molar-refractivity contribution in [3.05, 3.63) is 54.0 Å². The molecule has 1 N–H and O–H groups in total. The maximum absolute atomic E-state index is 14.0. The van der Waals surface area contributed by atoms with E-state index in [1.807, 2.05) is 0 Å². The molecule has 0 aliphatic carbocycles. The summed E-state index contributed by atoms with van der Waals surface area (Å²) < 4.78 is 47.6. The Morgan fingerprint density at radius 1 is 1.19 bits per heavy atom. The minimum Gasteiger partial charge on any atom is -0.443 e. The standard InChI is InChI=1S/C23H25FN2O5S/c1-14-18-11-15(5-8-21(18)32(29,30)26(14)9-10-27)19-13-25(22(28)31-23(2,3)4)20-12-16(24)6-7-17(19)20/h5-8,11-14,27H,9-10H2,1-4H3. The van der Waals surface area contributed by atoms with E-state index in [1.165, 1.54) is 27.1 Å². The zero-order chi connectivity index (χ0) is 23.4. The molecule has 2 aromatic carbocycles. The fourth-order valence-corrected chi connectivity index (χ4v) is 5.94. The van der Waals surface area contributed by atoms with Gasteiger partial charge in [0.05, 0.1) is 17.0 Å². The maximum atomic E-state index is 14.0. The summed E-state index contributed by atoms with van der Waals surface area (Å²) in [5, 5.41) is 9.92. The van der Waals surface area contributed by atoms with Crippen molar-refractivity contribution in [1.82, 2.24) is 8.87 Å². The molecule has 9 heteroatoms. The SMILES string of the molecule is CC1c2cc(-c3cn(C(=O)OC(C)(C)C)c4cc(F)ccc34)ccc2S(=O)(=O)N1CCO. The second kappa shape index (κ2) is 7.68. The van der Waals surface area contributed by atoms with Gasteiger partial charge in [-0.25, -0.2) is 17.6 Å². The fourth-order valence-electron chi connectivity index (χ4n) is 4.07. The normalized spacial score (nSPS) is 18.1. The van der Waals surface area contributed by atoms with Crippen LogP contribution in [0.5, 0.6) is 0 Å². The van der Waals surface area contributed by atoms with Gasteiger partial charge in [-0.15, -0.1) is 0 Å². The van der Waals surface area contributed by atoms with Crippen molar-refractivity contribution in [2.75, 3.05) is 13.2 Å². The predicted octanol–water partition coefficient (Wildman–Crippen LogP) is 4.29. The fraction of sp³-hybridized carbons (Fsp3) is 0.348. The molecule has 32 heavy (non-hydrogen) atoms. The number of ether oxygens (including phenoxy) is 1. The van der Waals surface area contributed by atoms with Crippen LogP contribution in [0.3, 0.4) is 0 Å². The van der Waals surface area contributed by atoms with Gasteiger partial charge in [-0.3, -0.25) is 4.57 Å². The lowest BCUT2D eigenvalue weighted by Gasteiger charge is -2.19. The first-order valence-corrected chi connectivity index (χ1v) is 11.7. The molecule has 0 saturated carbocycles. The predicted molar refractivity (Wildman–Crippen MR) is 118 cm³/mol. The molecular weight excluding hydrogens is 435 g/mol. The first-order valence-electron chi connectivity index (χ1n) is 10.2. The lowest BCUT2D eigenvalue weighted by atomic mass is 9.99. The Labute approximate surface area is 186 Å². The quantitative estimate of drug-likeness (QED) is 0.630. The second-order valence-electron chi connectivity index (χ2n) is 8.82. The van der Waals surface area contributed by atoms with E-state index in [2.05, 4.69) is 0 Å². The van der Waals surface area contributed by atoms with E-state index in [9.17, 15) is 22.7 Å². The third-order valence-electron chi connectivity index (χ3n) is 5.47. The number of halogens is 1. The van der Waals surface area contributed by atoms with Crippen LogP contribution >= 0.6 is 0 Å². The smallest absolute Gasteiger partial charge is 0.419 e.